The third-order valence-electron chi connectivity index (χ3n) is 2.95. The van der Waals surface area contributed by atoms with Gasteiger partial charge in [0, 0.05) is 18.8 Å². The van der Waals surface area contributed by atoms with Gasteiger partial charge in [0.15, 0.2) is 0 Å². The van der Waals surface area contributed by atoms with Gasteiger partial charge < -0.3 is 15.7 Å². The topological polar surface area (TPSA) is 49.5 Å². The first-order valence-corrected chi connectivity index (χ1v) is 6.10. The molecule has 3 N–H and O–H groups in total. The van der Waals surface area contributed by atoms with E-state index in [2.05, 4.69) is 17.9 Å². The van der Waals surface area contributed by atoms with Gasteiger partial charge in [-0.15, -0.1) is 0 Å². The maximum absolute atomic E-state index is 9.93. The average Bonchev–Trinajstić information content (AvgIpc) is 2.42. The number of aromatic hydroxyl groups is 1. The van der Waals surface area contributed by atoms with E-state index in [1.165, 1.54) is 0 Å². The summed E-state index contributed by atoms with van der Waals surface area (Å²) in [5.74, 6) is 0.289. The minimum absolute atomic E-state index is 0.289. The number of phenols is 1. The lowest BCUT2D eigenvalue weighted by Gasteiger charge is -2.24. The predicted octanol–water partition coefficient (Wildman–Crippen LogP) is 3.01. The molecule has 0 amide bonds. The number of hydrogen-bond donors (Lipinski definition) is 2. The SMILES string of the molecule is CCN(c1cccc(CN)c1)c1ccccc1O. The van der Waals surface area contributed by atoms with Crippen molar-refractivity contribution in [3.05, 3.63) is 54.1 Å². The van der Waals surface area contributed by atoms with Crippen molar-refractivity contribution in [1.82, 2.24) is 0 Å². The lowest BCUT2D eigenvalue weighted by atomic mass is 10.1. The van der Waals surface area contributed by atoms with E-state index in [0.717, 1.165) is 23.5 Å². The van der Waals surface area contributed by atoms with Crippen molar-refractivity contribution < 1.29 is 5.11 Å². The molecule has 3 heteroatoms. The van der Waals surface area contributed by atoms with Crippen molar-refractivity contribution in [2.24, 2.45) is 5.73 Å². The zero-order chi connectivity index (χ0) is 13.0. The maximum Gasteiger partial charge on any atom is 0.139 e. The van der Waals surface area contributed by atoms with Crippen molar-refractivity contribution >= 4 is 11.4 Å². The first kappa shape index (κ1) is 12.5. The minimum Gasteiger partial charge on any atom is -0.506 e. The highest BCUT2D eigenvalue weighted by molar-refractivity contribution is 5.69. The molecule has 2 aromatic carbocycles. The zero-order valence-corrected chi connectivity index (χ0v) is 10.5. The quantitative estimate of drug-likeness (QED) is 0.866. The highest BCUT2D eigenvalue weighted by Gasteiger charge is 2.10. The Balaban J connectivity index is 2.42. The van der Waals surface area contributed by atoms with E-state index < -0.39 is 0 Å². The highest BCUT2D eigenvalue weighted by atomic mass is 16.3. The number of rotatable bonds is 4. The Morgan fingerprint density at radius 1 is 1.11 bits per heavy atom. The number of para-hydroxylation sites is 2. The van der Waals surface area contributed by atoms with Gasteiger partial charge in [-0.1, -0.05) is 24.3 Å². The molecule has 0 bridgehead atoms. The van der Waals surface area contributed by atoms with Crippen molar-refractivity contribution in [3.8, 4) is 5.75 Å². The third-order valence-corrected chi connectivity index (χ3v) is 2.95. The van der Waals surface area contributed by atoms with Gasteiger partial charge in [0.2, 0.25) is 0 Å². The van der Waals surface area contributed by atoms with Crippen LogP contribution in [0.25, 0.3) is 0 Å². The van der Waals surface area contributed by atoms with Crippen LogP contribution in [0.1, 0.15) is 12.5 Å². The highest BCUT2D eigenvalue weighted by Crippen LogP contribution is 2.32. The second kappa shape index (κ2) is 5.56. The molecule has 0 fully saturated rings. The van der Waals surface area contributed by atoms with E-state index in [9.17, 15) is 5.11 Å². The van der Waals surface area contributed by atoms with Crippen LogP contribution >= 0.6 is 0 Å². The Bertz CT molecular complexity index is 525. The Hall–Kier alpha value is -2.00. The molecule has 94 valence electrons. The first-order chi connectivity index (χ1) is 8.76. The van der Waals surface area contributed by atoms with Crippen LogP contribution in [0.5, 0.6) is 5.75 Å². The molecule has 0 saturated heterocycles. The Labute approximate surface area is 107 Å². The Morgan fingerprint density at radius 3 is 2.56 bits per heavy atom. The molecule has 0 aliphatic rings. The van der Waals surface area contributed by atoms with E-state index in [0.29, 0.717) is 6.54 Å². The molecule has 0 radical (unpaired) electrons. The smallest absolute Gasteiger partial charge is 0.139 e. The number of hydrogen-bond acceptors (Lipinski definition) is 3. The van der Waals surface area contributed by atoms with Crippen molar-refractivity contribution in [3.63, 3.8) is 0 Å². The summed E-state index contributed by atoms with van der Waals surface area (Å²) in [7, 11) is 0. The summed E-state index contributed by atoms with van der Waals surface area (Å²) in [6, 6.07) is 15.4. The fourth-order valence-corrected chi connectivity index (χ4v) is 2.04. The monoisotopic (exact) mass is 242 g/mol. The van der Waals surface area contributed by atoms with E-state index in [4.69, 9.17) is 5.73 Å². The standard InChI is InChI=1S/C15H18N2O/c1-2-17(14-8-3-4-9-15(14)18)13-7-5-6-12(10-13)11-16/h3-10,18H,2,11,16H2,1H3. The summed E-state index contributed by atoms with van der Waals surface area (Å²) in [6.07, 6.45) is 0. The lowest BCUT2D eigenvalue weighted by Crippen LogP contribution is -2.16. The first-order valence-electron chi connectivity index (χ1n) is 6.10. The number of phenolic OH excluding ortho intramolecular Hbond substituents is 1. The van der Waals surface area contributed by atoms with Crippen molar-refractivity contribution in [2.45, 2.75) is 13.5 Å². The van der Waals surface area contributed by atoms with Gasteiger partial charge in [-0.2, -0.15) is 0 Å². The second-order valence-corrected chi connectivity index (χ2v) is 4.11. The largest absolute Gasteiger partial charge is 0.506 e. The molecule has 0 atom stereocenters. The molecule has 0 saturated carbocycles. The van der Waals surface area contributed by atoms with Gasteiger partial charge >= 0.3 is 0 Å². The lowest BCUT2D eigenvalue weighted by molar-refractivity contribution is 0.475. The van der Waals surface area contributed by atoms with Crippen molar-refractivity contribution in [1.29, 1.82) is 0 Å². The molecule has 2 rings (SSSR count). The van der Waals surface area contributed by atoms with Gasteiger partial charge in [-0.3, -0.25) is 0 Å². The molecule has 3 nitrogen and oxygen atoms in total. The molecular formula is C15H18N2O. The molecular weight excluding hydrogens is 224 g/mol. The summed E-state index contributed by atoms with van der Waals surface area (Å²) in [6.45, 7) is 3.36. The molecule has 18 heavy (non-hydrogen) atoms. The number of nitrogens with zero attached hydrogens (tertiary/aromatic N) is 1. The molecule has 0 aliphatic carbocycles. The van der Waals surface area contributed by atoms with Gasteiger partial charge in [-0.05, 0) is 36.8 Å². The normalized spacial score (nSPS) is 10.3. The minimum atomic E-state index is 0.289. The summed E-state index contributed by atoms with van der Waals surface area (Å²) >= 11 is 0. The van der Waals surface area contributed by atoms with Gasteiger partial charge in [0.05, 0.1) is 5.69 Å². The number of nitrogens with two attached hydrogens (primary N) is 1. The Morgan fingerprint density at radius 2 is 1.89 bits per heavy atom. The molecule has 0 aromatic heterocycles. The fourth-order valence-electron chi connectivity index (χ4n) is 2.04. The fraction of sp³-hybridized carbons (Fsp3) is 0.200. The molecule has 0 spiro atoms. The average molecular weight is 242 g/mol. The van der Waals surface area contributed by atoms with Crippen molar-refractivity contribution in [2.75, 3.05) is 11.4 Å². The van der Waals surface area contributed by atoms with E-state index in [1.54, 1.807) is 6.07 Å². The van der Waals surface area contributed by atoms with Crippen LogP contribution in [-0.4, -0.2) is 11.7 Å². The van der Waals surface area contributed by atoms with Gasteiger partial charge in [-0.25, -0.2) is 0 Å². The van der Waals surface area contributed by atoms with Crippen LogP contribution in [0.2, 0.25) is 0 Å². The molecule has 0 heterocycles. The predicted molar refractivity (Wildman–Crippen MR) is 75.1 cm³/mol. The van der Waals surface area contributed by atoms with E-state index in [-0.39, 0.29) is 5.75 Å². The van der Waals surface area contributed by atoms with Crippen LogP contribution in [-0.2, 0) is 6.54 Å². The van der Waals surface area contributed by atoms with Crippen LogP contribution in [0.3, 0.4) is 0 Å². The summed E-state index contributed by atoms with van der Waals surface area (Å²) in [4.78, 5) is 2.06. The zero-order valence-electron chi connectivity index (χ0n) is 10.5. The maximum atomic E-state index is 9.93. The summed E-state index contributed by atoms with van der Waals surface area (Å²) in [5.41, 5.74) is 8.60. The molecule has 0 aliphatic heterocycles. The summed E-state index contributed by atoms with van der Waals surface area (Å²) in [5, 5.41) is 9.93. The van der Waals surface area contributed by atoms with Crippen LogP contribution in [0.15, 0.2) is 48.5 Å². The second-order valence-electron chi connectivity index (χ2n) is 4.11. The molecule has 0 unspecified atom stereocenters. The Kier molecular flexibility index (Phi) is 3.85. The van der Waals surface area contributed by atoms with Gasteiger partial charge in [0.1, 0.15) is 5.75 Å². The van der Waals surface area contributed by atoms with Crippen LogP contribution in [0.4, 0.5) is 11.4 Å². The van der Waals surface area contributed by atoms with E-state index >= 15 is 0 Å². The van der Waals surface area contributed by atoms with Crippen LogP contribution in [0, 0.1) is 0 Å². The van der Waals surface area contributed by atoms with Gasteiger partial charge in [0.25, 0.3) is 0 Å². The third kappa shape index (κ3) is 2.46. The number of benzene rings is 2. The summed E-state index contributed by atoms with van der Waals surface area (Å²) < 4.78 is 0. The van der Waals surface area contributed by atoms with E-state index in [1.807, 2.05) is 36.4 Å². The number of anilines is 2. The van der Waals surface area contributed by atoms with Crippen LogP contribution < -0.4 is 10.6 Å². The molecule has 2 aromatic rings.